The number of ether oxygens (including phenoxy) is 1. The summed E-state index contributed by atoms with van der Waals surface area (Å²) in [4.78, 5) is 19.0. The number of aryl methyl sites for hydroxylation is 2. The third kappa shape index (κ3) is 2.68. The van der Waals surface area contributed by atoms with Gasteiger partial charge in [-0.2, -0.15) is 5.10 Å². The first-order valence-electron chi connectivity index (χ1n) is 7.50. The normalized spacial score (nSPS) is 13.9. The van der Waals surface area contributed by atoms with Crippen LogP contribution in [0.2, 0.25) is 0 Å². The highest BCUT2D eigenvalue weighted by Crippen LogP contribution is 2.22. The minimum Gasteiger partial charge on any atom is -0.478 e. The van der Waals surface area contributed by atoms with E-state index < -0.39 is 0 Å². The molecule has 0 radical (unpaired) electrons. The lowest BCUT2D eigenvalue weighted by Gasteiger charge is -2.28. The molecule has 6 nitrogen and oxygen atoms in total. The van der Waals surface area contributed by atoms with Crippen molar-refractivity contribution in [3.8, 4) is 5.88 Å². The number of hydrogen-bond donors (Lipinski definition) is 0. The van der Waals surface area contributed by atoms with E-state index in [0.717, 1.165) is 23.4 Å². The molecule has 0 fully saturated rings. The highest BCUT2D eigenvalue weighted by atomic mass is 16.5. The molecule has 0 aromatic carbocycles. The first kappa shape index (κ1) is 14.6. The molecule has 3 rings (SSSR count). The van der Waals surface area contributed by atoms with Crippen molar-refractivity contribution in [2.24, 2.45) is 7.05 Å². The van der Waals surface area contributed by atoms with Gasteiger partial charge in [-0.05, 0) is 25.5 Å². The molecule has 2 aromatic heterocycles. The Morgan fingerprint density at radius 1 is 1.41 bits per heavy atom. The summed E-state index contributed by atoms with van der Waals surface area (Å²) >= 11 is 0. The zero-order chi connectivity index (χ0) is 15.7. The summed E-state index contributed by atoms with van der Waals surface area (Å²) in [5.41, 5.74) is 3.59. The summed E-state index contributed by atoms with van der Waals surface area (Å²) in [7, 11) is 1.80. The van der Waals surface area contributed by atoms with Crippen molar-refractivity contribution in [1.82, 2.24) is 19.7 Å². The predicted molar refractivity (Wildman–Crippen MR) is 81.8 cm³/mol. The van der Waals surface area contributed by atoms with E-state index in [-0.39, 0.29) is 5.91 Å². The molecule has 6 heteroatoms. The number of carbonyl (C=O) groups is 1. The molecule has 0 saturated carbocycles. The van der Waals surface area contributed by atoms with E-state index in [0.29, 0.717) is 31.3 Å². The van der Waals surface area contributed by atoms with Crippen molar-refractivity contribution in [2.45, 2.75) is 26.8 Å². The molecular weight excluding hydrogens is 280 g/mol. The van der Waals surface area contributed by atoms with Crippen LogP contribution in [-0.4, -0.2) is 38.7 Å². The number of rotatable bonds is 3. The van der Waals surface area contributed by atoms with Gasteiger partial charge in [0.1, 0.15) is 5.69 Å². The predicted octanol–water partition coefficient (Wildman–Crippen LogP) is 1.72. The summed E-state index contributed by atoms with van der Waals surface area (Å²) in [5, 5.41) is 4.24. The van der Waals surface area contributed by atoms with Gasteiger partial charge in [0.2, 0.25) is 5.88 Å². The molecule has 1 aliphatic heterocycles. The average molecular weight is 300 g/mol. The second-order valence-electron chi connectivity index (χ2n) is 5.46. The van der Waals surface area contributed by atoms with Gasteiger partial charge in [-0.1, -0.05) is 6.07 Å². The number of aromatic nitrogens is 3. The van der Waals surface area contributed by atoms with Gasteiger partial charge in [0.15, 0.2) is 0 Å². The first-order valence-corrected chi connectivity index (χ1v) is 7.50. The fourth-order valence-corrected chi connectivity index (χ4v) is 2.77. The van der Waals surface area contributed by atoms with Gasteiger partial charge in [-0.15, -0.1) is 0 Å². The maximum absolute atomic E-state index is 12.6. The van der Waals surface area contributed by atoms with Crippen LogP contribution in [0.15, 0.2) is 18.2 Å². The SMILES string of the molecule is CCOc1ccc2c(n1)CCN(C(=O)c1cc(C)nn1C)C2. The van der Waals surface area contributed by atoms with E-state index >= 15 is 0 Å². The molecule has 0 aliphatic carbocycles. The monoisotopic (exact) mass is 300 g/mol. The largest absolute Gasteiger partial charge is 0.478 e. The van der Waals surface area contributed by atoms with Crippen LogP contribution < -0.4 is 4.74 Å². The van der Waals surface area contributed by atoms with Crippen molar-refractivity contribution in [3.63, 3.8) is 0 Å². The van der Waals surface area contributed by atoms with Crippen molar-refractivity contribution < 1.29 is 9.53 Å². The van der Waals surface area contributed by atoms with Crippen molar-refractivity contribution in [2.75, 3.05) is 13.2 Å². The van der Waals surface area contributed by atoms with E-state index in [9.17, 15) is 4.79 Å². The molecule has 22 heavy (non-hydrogen) atoms. The van der Waals surface area contributed by atoms with Crippen LogP contribution in [-0.2, 0) is 20.0 Å². The molecule has 0 bridgehead atoms. The van der Waals surface area contributed by atoms with Gasteiger partial charge >= 0.3 is 0 Å². The maximum atomic E-state index is 12.6. The maximum Gasteiger partial charge on any atom is 0.272 e. The smallest absolute Gasteiger partial charge is 0.272 e. The molecular formula is C16H20N4O2. The fraction of sp³-hybridized carbons (Fsp3) is 0.438. The fourth-order valence-electron chi connectivity index (χ4n) is 2.77. The Kier molecular flexibility index (Phi) is 3.83. The standard InChI is InChI=1S/C16H20N4O2/c1-4-22-15-6-5-12-10-20(8-7-13(12)17-15)16(21)14-9-11(2)18-19(14)3/h5-6,9H,4,7-8,10H2,1-3H3. The zero-order valence-electron chi connectivity index (χ0n) is 13.2. The van der Waals surface area contributed by atoms with E-state index in [1.807, 2.05) is 36.9 Å². The van der Waals surface area contributed by atoms with Crippen LogP contribution in [0, 0.1) is 6.92 Å². The van der Waals surface area contributed by atoms with Crippen molar-refractivity contribution >= 4 is 5.91 Å². The van der Waals surface area contributed by atoms with Gasteiger partial charge in [-0.25, -0.2) is 4.98 Å². The summed E-state index contributed by atoms with van der Waals surface area (Å²) in [5.74, 6) is 0.672. The Balaban J connectivity index is 1.79. The first-order chi connectivity index (χ1) is 10.6. The molecule has 0 N–H and O–H groups in total. The molecule has 0 spiro atoms. The topological polar surface area (TPSA) is 60.2 Å². The van der Waals surface area contributed by atoms with Crippen LogP contribution in [0.5, 0.6) is 5.88 Å². The number of nitrogens with zero attached hydrogens (tertiary/aromatic N) is 4. The summed E-state index contributed by atoms with van der Waals surface area (Å²) < 4.78 is 7.07. The Bertz CT molecular complexity index is 708. The van der Waals surface area contributed by atoms with Crippen molar-refractivity contribution in [3.05, 3.63) is 40.8 Å². The molecule has 0 unspecified atom stereocenters. The third-order valence-electron chi connectivity index (χ3n) is 3.82. The van der Waals surface area contributed by atoms with Crippen LogP contribution in [0.3, 0.4) is 0 Å². The van der Waals surface area contributed by atoms with Crippen LogP contribution in [0.25, 0.3) is 0 Å². The molecule has 2 aromatic rings. The molecule has 116 valence electrons. The summed E-state index contributed by atoms with van der Waals surface area (Å²) in [6, 6.07) is 5.69. The summed E-state index contributed by atoms with van der Waals surface area (Å²) in [6.45, 7) is 5.69. The van der Waals surface area contributed by atoms with Crippen molar-refractivity contribution in [1.29, 1.82) is 0 Å². The lowest BCUT2D eigenvalue weighted by molar-refractivity contribution is 0.0722. The van der Waals surface area contributed by atoms with E-state index in [4.69, 9.17) is 4.74 Å². The van der Waals surface area contributed by atoms with E-state index in [2.05, 4.69) is 10.1 Å². The van der Waals surface area contributed by atoms with E-state index in [1.165, 1.54) is 0 Å². The number of amides is 1. The summed E-state index contributed by atoms with van der Waals surface area (Å²) in [6.07, 6.45) is 0.749. The lowest BCUT2D eigenvalue weighted by Crippen LogP contribution is -2.37. The highest BCUT2D eigenvalue weighted by molar-refractivity contribution is 5.92. The molecule has 0 atom stereocenters. The second-order valence-corrected chi connectivity index (χ2v) is 5.46. The quantitative estimate of drug-likeness (QED) is 0.866. The van der Waals surface area contributed by atoms with E-state index in [1.54, 1.807) is 11.7 Å². The molecule has 1 aliphatic rings. The minimum atomic E-state index is 0.0163. The number of carbonyl (C=O) groups excluding carboxylic acids is 1. The van der Waals surface area contributed by atoms with Gasteiger partial charge in [0.25, 0.3) is 5.91 Å². The van der Waals surface area contributed by atoms with Crippen LogP contribution in [0.4, 0.5) is 0 Å². The lowest BCUT2D eigenvalue weighted by atomic mass is 10.1. The number of fused-ring (bicyclic) bond motifs is 1. The molecule has 0 saturated heterocycles. The number of pyridine rings is 1. The minimum absolute atomic E-state index is 0.0163. The Labute approximate surface area is 129 Å². The second kappa shape index (κ2) is 5.79. The Hall–Kier alpha value is -2.37. The Morgan fingerprint density at radius 2 is 2.23 bits per heavy atom. The van der Waals surface area contributed by atoms with Gasteiger partial charge in [-0.3, -0.25) is 9.48 Å². The zero-order valence-corrected chi connectivity index (χ0v) is 13.2. The third-order valence-corrected chi connectivity index (χ3v) is 3.82. The molecule has 3 heterocycles. The van der Waals surface area contributed by atoms with Crippen LogP contribution >= 0.6 is 0 Å². The van der Waals surface area contributed by atoms with Gasteiger partial charge in [0, 0.05) is 32.6 Å². The number of hydrogen-bond acceptors (Lipinski definition) is 4. The average Bonchev–Trinajstić information content (AvgIpc) is 2.85. The van der Waals surface area contributed by atoms with Gasteiger partial charge < -0.3 is 9.64 Å². The molecule has 1 amide bonds. The van der Waals surface area contributed by atoms with Gasteiger partial charge in [0.05, 0.1) is 18.0 Å². The van der Waals surface area contributed by atoms with Crippen LogP contribution in [0.1, 0.15) is 34.4 Å². The highest BCUT2D eigenvalue weighted by Gasteiger charge is 2.25. The Morgan fingerprint density at radius 3 is 2.91 bits per heavy atom.